The van der Waals surface area contributed by atoms with Crippen molar-refractivity contribution in [2.45, 2.75) is 12.5 Å². The molecule has 2 aromatic heterocycles. The third-order valence-electron chi connectivity index (χ3n) is 5.69. The van der Waals surface area contributed by atoms with Crippen LogP contribution in [0.5, 0.6) is 11.5 Å². The molecule has 4 aromatic rings. The van der Waals surface area contributed by atoms with Crippen molar-refractivity contribution in [1.82, 2.24) is 9.97 Å². The summed E-state index contributed by atoms with van der Waals surface area (Å²) in [5, 5.41) is 6.92. The first-order valence-corrected chi connectivity index (χ1v) is 10.9. The summed E-state index contributed by atoms with van der Waals surface area (Å²) in [6.07, 6.45) is 3.14. The van der Waals surface area contributed by atoms with Gasteiger partial charge < -0.3 is 25.1 Å². The fourth-order valence-corrected chi connectivity index (χ4v) is 4.25. The number of rotatable bonds is 6. The molecule has 0 saturated carbocycles. The summed E-state index contributed by atoms with van der Waals surface area (Å²) in [4.78, 5) is 33.5. The molecule has 2 aromatic carbocycles. The molecule has 9 heteroatoms. The number of aromatic amines is 1. The maximum atomic E-state index is 13.5. The van der Waals surface area contributed by atoms with E-state index in [1.54, 1.807) is 37.5 Å². The van der Waals surface area contributed by atoms with E-state index in [-0.39, 0.29) is 23.3 Å². The number of halogens is 1. The Balaban J connectivity index is 1.52. The molecule has 1 aliphatic heterocycles. The van der Waals surface area contributed by atoms with Crippen LogP contribution in [0.25, 0.3) is 11.0 Å². The number of nitrogens with one attached hydrogen (secondary N) is 3. The van der Waals surface area contributed by atoms with E-state index in [4.69, 9.17) is 21.1 Å². The number of anilines is 2. The maximum Gasteiger partial charge on any atom is 0.252 e. The van der Waals surface area contributed by atoms with E-state index in [1.165, 1.54) is 7.11 Å². The molecule has 1 amide bonds. The van der Waals surface area contributed by atoms with Gasteiger partial charge in [-0.3, -0.25) is 9.59 Å². The Morgan fingerprint density at radius 2 is 1.91 bits per heavy atom. The highest BCUT2D eigenvalue weighted by Gasteiger charge is 2.39. The SMILES string of the molecule is COC[C@]1(C)Nc2c(cnc3[nH]cc(C(=O)c4ccc(Oc5ccccc5)cc4Cl)c23)NC1=O. The molecule has 0 bridgehead atoms. The summed E-state index contributed by atoms with van der Waals surface area (Å²) in [6, 6.07) is 14.2. The molecule has 172 valence electrons. The van der Waals surface area contributed by atoms with Crippen LogP contribution in [0.2, 0.25) is 5.02 Å². The lowest BCUT2D eigenvalue weighted by molar-refractivity contribution is -0.121. The highest BCUT2D eigenvalue weighted by Crippen LogP contribution is 2.39. The Bertz CT molecular complexity index is 1420. The highest BCUT2D eigenvalue weighted by molar-refractivity contribution is 6.36. The van der Waals surface area contributed by atoms with Gasteiger partial charge in [-0.2, -0.15) is 0 Å². The number of ether oxygens (including phenoxy) is 2. The van der Waals surface area contributed by atoms with Gasteiger partial charge in [-0.05, 0) is 31.2 Å². The lowest BCUT2D eigenvalue weighted by atomic mass is 9.96. The largest absolute Gasteiger partial charge is 0.457 e. The van der Waals surface area contributed by atoms with Crippen LogP contribution in [-0.2, 0) is 9.53 Å². The van der Waals surface area contributed by atoms with Crippen molar-refractivity contribution in [3.63, 3.8) is 0 Å². The summed E-state index contributed by atoms with van der Waals surface area (Å²) in [5.74, 6) is 0.651. The second kappa shape index (κ2) is 8.48. The number of para-hydroxylation sites is 1. The van der Waals surface area contributed by atoms with Crippen LogP contribution in [0, 0.1) is 0 Å². The zero-order valence-corrected chi connectivity index (χ0v) is 19.2. The van der Waals surface area contributed by atoms with Crippen LogP contribution < -0.4 is 15.4 Å². The molecule has 0 aliphatic carbocycles. The zero-order chi connectivity index (χ0) is 23.9. The van der Waals surface area contributed by atoms with Gasteiger partial charge in [-0.25, -0.2) is 4.98 Å². The molecule has 0 radical (unpaired) electrons. The molecular weight excluding hydrogens is 456 g/mol. The molecule has 0 unspecified atom stereocenters. The van der Waals surface area contributed by atoms with Crippen molar-refractivity contribution in [2.75, 3.05) is 24.4 Å². The van der Waals surface area contributed by atoms with E-state index in [0.29, 0.717) is 45.0 Å². The second-order valence-corrected chi connectivity index (χ2v) is 8.61. The Morgan fingerprint density at radius 3 is 2.65 bits per heavy atom. The van der Waals surface area contributed by atoms with Gasteiger partial charge in [0.25, 0.3) is 5.91 Å². The van der Waals surface area contributed by atoms with Crippen LogP contribution >= 0.6 is 11.6 Å². The van der Waals surface area contributed by atoms with Gasteiger partial charge in [0.1, 0.15) is 22.7 Å². The first-order chi connectivity index (χ1) is 16.4. The summed E-state index contributed by atoms with van der Waals surface area (Å²) in [6.45, 7) is 1.88. The molecule has 3 heterocycles. The van der Waals surface area contributed by atoms with Crippen molar-refractivity contribution in [2.24, 2.45) is 0 Å². The van der Waals surface area contributed by atoms with Gasteiger partial charge in [-0.15, -0.1) is 0 Å². The molecule has 0 saturated heterocycles. The Morgan fingerprint density at radius 1 is 1.12 bits per heavy atom. The summed E-state index contributed by atoms with van der Waals surface area (Å²) >= 11 is 6.49. The van der Waals surface area contributed by atoms with Gasteiger partial charge in [0.15, 0.2) is 5.78 Å². The van der Waals surface area contributed by atoms with Gasteiger partial charge in [0.05, 0.1) is 40.2 Å². The predicted octanol–water partition coefficient (Wildman–Crippen LogP) is 5.01. The number of benzene rings is 2. The average Bonchev–Trinajstić information content (AvgIpc) is 3.25. The third kappa shape index (κ3) is 3.76. The van der Waals surface area contributed by atoms with E-state index in [9.17, 15) is 9.59 Å². The van der Waals surface area contributed by atoms with Crippen molar-refractivity contribution in [1.29, 1.82) is 0 Å². The first-order valence-electron chi connectivity index (χ1n) is 10.6. The topological polar surface area (TPSA) is 105 Å². The molecule has 5 rings (SSSR count). The minimum absolute atomic E-state index is 0.143. The zero-order valence-electron chi connectivity index (χ0n) is 18.4. The van der Waals surface area contributed by atoms with Gasteiger partial charge >= 0.3 is 0 Å². The molecule has 1 atom stereocenters. The normalized spacial score (nSPS) is 17.1. The summed E-state index contributed by atoms with van der Waals surface area (Å²) in [7, 11) is 1.52. The number of methoxy groups -OCH3 is 1. The monoisotopic (exact) mass is 476 g/mol. The average molecular weight is 477 g/mol. The number of hydrogen-bond acceptors (Lipinski definition) is 6. The smallest absolute Gasteiger partial charge is 0.252 e. The van der Waals surface area contributed by atoms with E-state index in [1.807, 2.05) is 30.3 Å². The van der Waals surface area contributed by atoms with E-state index < -0.39 is 5.54 Å². The van der Waals surface area contributed by atoms with Crippen LogP contribution in [0.3, 0.4) is 0 Å². The van der Waals surface area contributed by atoms with E-state index >= 15 is 0 Å². The Hall–Kier alpha value is -3.88. The van der Waals surface area contributed by atoms with Crippen LogP contribution in [-0.4, -0.2) is 40.9 Å². The number of amides is 1. The van der Waals surface area contributed by atoms with Crippen LogP contribution in [0.4, 0.5) is 11.4 Å². The third-order valence-corrected chi connectivity index (χ3v) is 6.01. The summed E-state index contributed by atoms with van der Waals surface area (Å²) in [5.41, 5.74) is 1.26. The lowest BCUT2D eigenvalue weighted by Gasteiger charge is -2.35. The highest BCUT2D eigenvalue weighted by atomic mass is 35.5. The standard InChI is InChI=1S/C25H21ClN4O4/c1-25(13-33-2)24(32)29-19-12-28-23-20(21(19)30-25)17(11-27-23)22(31)16-9-8-15(10-18(16)26)34-14-6-4-3-5-7-14/h3-12,30H,13H2,1-2H3,(H,27,28)(H,29,32)/t25-/m0/s1. The van der Waals surface area contributed by atoms with Crippen LogP contribution in [0.1, 0.15) is 22.8 Å². The number of pyridine rings is 1. The second-order valence-electron chi connectivity index (χ2n) is 8.20. The van der Waals surface area contributed by atoms with Crippen molar-refractivity contribution < 1.29 is 19.1 Å². The van der Waals surface area contributed by atoms with Gasteiger partial charge in [0.2, 0.25) is 0 Å². The van der Waals surface area contributed by atoms with E-state index in [2.05, 4.69) is 20.6 Å². The number of ketones is 1. The number of carbonyl (C=O) groups excluding carboxylic acids is 2. The van der Waals surface area contributed by atoms with Crippen molar-refractivity contribution >= 4 is 45.7 Å². The summed E-state index contributed by atoms with van der Waals surface area (Å²) < 4.78 is 11.0. The van der Waals surface area contributed by atoms with Gasteiger partial charge in [0, 0.05) is 24.9 Å². The van der Waals surface area contributed by atoms with Crippen LogP contribution in [0.15, 0.2) is 60.9 Å². The number of fused-ring (bicyclic) bond motifs is 3. The lowest BCUT2D eigenvalue weighted by Crippen LogP contribution is -2.53. The minimum Gasteiger partial charge on any atom is -0.457 e. The van der Waals surface area contributed by atoms with E-state index in [0.717, 1.165) is 0 Å². The Kier molecular flexibility index (Phi) is 5.47. The molecule has 0 fully saturated rings. The maximum absolute atomic E-state index is 13.5. The molecule has 0 spiro atoms. The van der Waals surface area contributed by atoms with Crippen molar-refractivity contribution in [3.05, 3.63) is 77.1 Å². The number of H-pyrrole nitrogens is 1. The number of hydrogen-bond donors (Lipinski definition) is 3. The quantitative estimate of drug-likeness (QED) is 0.338. The first kappa shape index (κ1) is 21.9. The molecule has 8 nitrogen and oxygen atoms in total. The molecule has 1 aliphatic rings. The molecule has 3 N–H and O–H groups in total. The predicted molar refractivity (Wildman–Crippen MR) is 130 cm³/mol. The number of nitrogens with zero attached hydrogens (tertiary/aromatic N) is 1. The minimum atomic E-state index is -1.01. The van der Waals surface area contributed by atoms with Crippen molar-refractivity contribution in [3.8, 4) is 11.5 Å². The number of carbonyl (C=O) groups is 2. The molecule has 34 heavy (non-hydrogen) atoms. The number of aromatic nitrogens is 2. The van der Waals surface area contributed by atoms with Gasteiger partial charge in [-0.1, -0.05) is 29.8 Å². The fraction of sp³-hybridized carbons (Fsp3) is 0.160. The Labute approximate surface area is 200 Å². The molecular formula is C25H21ClN4O4. The fourth-order valence-electron chi connectivity index (χ4n) is 4.00.